The van der Waals surface area contributed by atoms with Crippen LogP contribution in [0.3, 0.4) is 0 Å². The van der Waals surface area contributed by atoms with Crippen LogP contribution < -0.4 is 4.74 Å². The second-order valence-electron chi connectivity index (χ2n) is 11.6. The summed E-state index contributed by atoms with van der Waals surface area (Å²) in [6, 6.07) is 27.0. The smallest absolute Gasteiger partial charge is 0.416 e. The lowest BCUT2D eigenvalue weighted by Crippen LogP contribution is -2.56. The van der Waals surface area contributed by atoms with Gasteiger partial charge in [-0.1, -0.05) is 78.9 Å². The second-order valence-corrected chi connectivity index (χ2v) is 11.6. The monoisotopic (exact) mass is 656 g/mol. The van der Waals surface area contributed by atoms with Gasteiger partial charge in [0.25, 0.3) is 0 Å². The maximum atomic E-state index is 14.4. The second kappa shape index (κ2) is 16.2. The zero-order valence-corrected chi connectivity index (χ0v) is 26.9. The summed E-state index contributed by atoms with van der Waals surface area (Å²) in [6.07, 6.45) is 0.232. The first-order chi connectivity index (χ1) is 23.2. The Morgan fingerprint density at radius 1 is 0.854 bits per heavy atom. The highest BCUT2D eigenvalue weighted by atomic mass is 19.4. The molecule has 2 amide bonds. The van der Waals surface area contributed by atoms with Gasteiger partial charge in [0, 0.05) is 64.0 Å². The third kappa shape index (κ3) is 9.54. The van der Waals surface area contributed by atoms with Gasteiger partial charge < -0.3 is 14.5 Å². The van der Waals surface area contributed by atoms with Crippen molar-refractivity contribution in [2.24, 2.45) is 0 Å². The van der Waals surface area contributed by atoms with E-state index < -0.39 is 23.7 Å². The van der Waals surface area contributed by atoms with E-state index in [9.17, 15) is 22.8 Å². The number of pyridine rings is 1. The maximum Gasteiger partial charge on any atom is 0.416 e. The number of aromatic nitrogens is 1. The van der Waals surface area contributed by atoms with Crippen molar-refractivity contribution in [3.8, 4) is 5.88 Å². The van der Waals surface area contributed by atoms with Gasteiger partial charge in [0.05, 0.1) is 12.2 Å². The molecule has 7 nitrogen and oxygen atoms in total. The standard InChI is InChI=1S/C38H39F3N4O3/c1-2-48-35-19-15-32(26-42-35)28-45(36(46)20-16-29-13-17-33(18-14-29)38(39,40)41)34(25-30-9-5-3-6-10-30)37(47)44-23-21-43(22-24-44)27-31-11-7-4-8-12-31/h3-20,26,34H,2,21-25,27-28H2,1H3/b20-16+/t34-/m0/s1. The highest BCUT2D eigenvalue weighted by Crippen LogP contribution is 2.29. The Labute approximate surface area is 279 Å². The number of rotatable bonds is 12. The number of carbonyl (C=O) groups excluding carboxylic acids is 2. The van der Waals surface area contributed by atoms with Crippen LogP contribution in [0.2, 0.25) is 0 Å². The predicted octanol–water partition coefficient (Wildman–Crippen LogP) is 6.50. The molecule has 0 spiro atoms. The Morgan fingerprint density at radius 2 is 1.50 bits per heavy atom. The number of hydrogen-bond donors (Lipinski definition) is 0. The van der Waals surface area contributed by atoms with Crippen molar-refractivity contribution < 1.29 is 27.5 Å². The Kier molecular flexibility index (Phi) is 11.6. The lowest BCUT2D eigenvalue weighted by Gasteiger charge is -2.39. The quantitative estimate of drug-likeness (QED) is 0.163. The molecule has 3 aromatic carbocycles. The van der Waals surface area contributed by atoms with E-state index in [4.69, 9.17) is 4.74 Å². The molecule has 0 N–H and O–H groups in total. The van der Waals surface area contributed by atoms with E-state index in [0.717, 1.165) is 24.2 Å². The van der Waals surface area contributed by atoms with Gasteiger partial charge in [-0.25, -0.2) is 4.98 Å². The van der Waals surface area contributed by atoms with E-state index >= 15 is 0 Å². The van der Waals surface area contributed by atoms with Crippen molar-refractivity contribution >= 4 is 17.9 Å². The molecule has 1 saturated heterocycles. The summed E-state index contributed by atoms with van der Waals surface area (Å²) >= 11 is 0. The fraction of sp³-hybridized carbons (Fsp3) is 0.289. The van der Waals surface area contributed by atoms with Gasteiger partial charge >= 0.3 is 6.18 Å². The highest BCUT2D eigenvalue weighted by molar-refractivity contribution is 5.95. The van der Waals surface area contributed by atoms with Crippen molar-refractivity contribution in [2.45, 2.75) is 38.7 Å². The van der Waals surface area contributed by atoms with Crippen molar-refractivity contribution in [1.29, 1.82) is 0 Å². The van der Waals surface area contributed by atoms with E-state index in [1.54, 1.807) is 12.3 Å². The van der Waals surface area contributed by atoms with Crippen molar-refractivity contribution in [2.75, 3.05) is 32.8 Å². The molecule has 1 atom stereocenters. The molecule has 1 fully saturated rings. The zero-order valence-electron chi connectivity index (χ0n) is 26.9. The number of halogens is 3. The summed E-state index contributed by atoms with van der Waals surface area (Å²) in [5.74, 6) is -0.152. The van der Waals surface area contributed by atoms with Crippen LogP contribution in [-0.2, 0) is 35.3 Å². The Morgan fingerprint density at radius 3 is 2.08 bits per heavy atom. The van der Waals surface area contributed by atoms with E-state index in [1.807, 2.05) is 66.4 Å². The molecule has 1 aliphatic heterocycles. The fourth-order valence-corrected chi connectivity index (χ4v) is 5.67. The minimum Gasteiger partial charge on any atom is -0.478 e. The SMILES string of the molecule is CCOc1ccc(CN(C(=O)/C=C/c2ccc(C(F)(F)F)cc2)[C@@H](Cc2ccccc2)C(=O)N2CCN(Cc3ccccc3)CC2)cn1. The van der Waals surface area contributed by atoms with Gasteiger partial charge in [-0.15, -0.1) is 0 Å². The Bertz CT molecular complexity index is 1640. The van der Waals surface area contributed by atoms with Crippen LogP contribution in [-0.4, -0.2) is 70.3 Å². The molecule has 2 heterocycles. The lowest BCUT2D eigenvalue weighted by molar-refractivity contribution is -0.145. The summed E-state index contributed by atoms with van der Waals surface area (Å²) in [5.41, 5.74) is 2.47. The Hall–Kier alpha value is -4.96. The number of piperazine rings is 1. The van der Waals surface area contributed by atoms with Gasteiger partial charge in [-0.2, -0.15) is 13.2 Å². The predicted molar refractivity (Wildman–Crippen MR) is 179 cm³/mol. The number of carbonyl (C=O) groups is 2. The fourth-order valence-electron chi connectivity index (χ4n) is 5.67. The average molecular weight is 657 g/mol. The van der Waals surface area contributed by atoms with Gasteiger partial charge in [-0.3, -0.25) is 14.5 Å². The first-order valence-corrected chi connectivity index (χ1v) is 16.0. The third-order valence-corrected chi connectivity index (χ3v) is 8.25. The summed E-state index contributed by atoms with van der Waals surface area (Å²) in [7, 11) is 0. The molecule has 0 bridgehead atoms. The molecule has 48 heavy (non-hydrogen) atoms. The van der Waals surface area contributed by atoms with Crippen LogP contribution in [0, 0.1) is 0 Å². The average Bonchev–Trinajstić information content (AvgIpc) is 3.10. The number of benzene rings is 3. The molecule has 250 valence electrons. The topological polar surface area (TPSA) is 66.0 Å². The number of ether oxygens (including phenoxy) is 1. The number of nitrogens with zero attached hydrogens (tertiary/aromatic N) is 4. The molecule has 4 aromatic rings. The van der Waals surface area contributed by atoms with Crippen LogP contribution >= 0.6 is 0 Å². The van der Waals surface area contributed by atoms with Crippen molar-refractivity contribution in [3.63, 3.8) is 0 Å². The van der Waals surface area contributed by atoms with Gasteiger partial charge in [0.1, 0.15) is 6.04 Å². The first kappa shape index (κ1) is 34.4. The number of hydrogen-bond acceptors (Lipinski definition) is 5. The molecule has 0 aliphatic carbocycles. The maximum absolute atomic E-state index is 14.4. The normalized spacial score (nSPS) is 14.5. The van der Waals surface area contributed by atoms with Crippen LogP contribution in [0.4, 0.5) is 13.2 Å². The molecule has 0 saturated carbocycles. The highest BCUT2D eigenvalue weighted by Gasteiger charge is 2.34. The summed E-state index contributed by atoms with van der Waals surface area (Å²) in [6.45, 7) is 5.63. The van der Waals surface area contributed by atoms with Crippen LogP contribution in [0.1, 0.15) is 34.7 Å². The molecular formula is C38H39F3N4O3. The van der Waals surface area contributed by atoms with Gasteiger partial charge in [-0.05, 0) is 47.4 Å². The van der Waals surface area contributed by atoms with Gasteiger partial charge in [0.15, 0.2) is 0 Å². The van der Waals surface area contributed by atoms with Crippen molar-refractivity contribution in [3.05, 3.63) is 137 Å². The molecule has 0 radical (unpaired) electrons. The molecule has 1 aliphatic rings. The van der Waals surface area contributed by atoms with E-state index in [2.05, 4.69) is 22.0 Å². The van der Waals surface area contributed by atoms with Crippen LogP contribution in [0.5, 0.6) is 5.88 Å². The lowest BCUT2D eigenvalue weighted by atomic mass is 10.0. The van der Waals surface area contributed by atoms with E-state index in [1.165, 1.54) is 34.7 Å². The number of amides is 2. The Balaban J connectivity index is 1.41. The molecule has 1 aromatic heterocycles. The van der Waals surface area contributed by atoms with Crippen LogP contribution in [0.15, 0.2) is 109 Å². The van der Waals surface area contributed by atoms with Crippen LogP contribution in [0.25, 0.3) is 6.08 Å². The molecule has 5 rings (SSSR count). The summed E-state index contributed by atoms with van der Waals surface area (Å²) < 4.78 is 44.8. The largest absolute Gasteiger partial charge is 0.478 e. The number of alkyl halides is 3. The zero-order chi connectivity index (χ0) is 33.9. The van der Waals surface area contributed by atoms with E-state index in [-0.39, 0.29) is 18.9 Å². The third-order valence-electron chi connectivity index (χ3n) is 8.25. The summed E-state index contributed by atoms with van der Waals surface area (Å²) in [5, 5.41) is 0. The molecule has 0 unspecified atom stereocenters. The molecule has 10 heteroatoms. The molecular weight excluding hydrogens is 617 g/mol. The van der Waals surface area contributed by atoms with Crippen molar-refractivity contribution in [1.82, 2.24) is 19.7 Å². The first-order valence-electron chi connectivity index (χ1n) is 16.0. The van der Waals surface area contributed by atoms with E-state index in [0.29, 0.717) is 49.8 Å². The van der Waals surface area contributed by atoms with Gasteiger partial charge in [0.2, 0.25) is 17.7 Å². The summed E-state index contributed by atoms with van der Waals surface area (Å²) in [4.78, 5) is 38.4. The minimum atomic E-state index is -4.46. The minimum absolute atomic E-state index is 0.0901.